The van der Waals surface area contributed by atoms with E-state index < -0.39 is 25.3 Å². The van der Waals surface area contributed by atoms with Crippen molar-refractivity contribution in [1.29, 1.82) is 0 Å². The van der Waals surface area contributed by atoms with Crippen LogP contribution in [0.15, 0.2) is 0 Å². The van der Waals surface area contributed by atoms with Gasteiger partial charge in [-0.15, -0.1) is 0 Å². The zero-order valence-corrected chi connectivity index (χ0v) is 4.80. The van der Waals surface area contributed by atoms with E-state index in [9.17, 15) is 18.4 Å². The standard InChI is InChI=1S/C4H4F2O4/c5-1-3(7)9-10-4(8)2-6/h1-2H2. The molecule has 0 aromatic carbocycles. The van der Waals surface area contributed by atoms with Gasteiger partial charge in [0.25, 0.3) is 0 Å². The molecule has 0 atom stereocenters. The summed E-state index contributed by atoms with van der Waals surface area (Å²) in [6, 6.07) is 0. The molecule has 0 fully saturated rings. The van der Waals surface area contributed by atoms with Crippen LogP contribution in [-0.2, 0) is 19.4 Å². The van der Waals surface area contributed by atoms with Crippen molar-refractivity contribution in [1.82, 2.24) is 0 Å². The molecule has 0 unspecified atom stereocenters. The Morgan fingerprint density at radius 1 is 1.00 bits per heavy atom. The van der Waals surface area contributed by atoms with Gasteiger partial charge >= 0.3 is 11.9 Å². The number of rotatable bonds is 2. The molecule has 0 rings (SSSR count). The largest absolute Gasteiger partial charge is 0.386 e. The Labute approximate surface area is 54.6 Å². The van der Waals surface area contributed by atoms with Crippen LogP contribution in [0, 0.1) is 0 Å². The van der Waals surface area contributed by atoms with Gasteiger partial charge in [-0.1, -0.05) is 0 Å². The molecular weight excluding hydrogens is 150 g/mol. The molecule has 6 heteroatoms. The topological polar surface area (TPSA) is 52.6 Å². The summed E-state index contributed by atoms with van der Waals surface area (Å²) in [5, 5.41) is 0. The van der Waals surface area contributed by atoms with Gasteiger partial charge in [0, 0.05) is 0 Å². The van der Waals surface area contributed by atoms with Gasteiger partial charge in [0.1, 0.15) is 0 Å². The minimum absolute atomic E-state index is 1.37. The highest BCUT2D eigenvalue weighted by Gasteiger charge is 2.07. The maximum Gasteiger partial charge on any atom is 0.386 e. The van der Waals surface area contributed by atoms with Crippen molar-refractivity contribution in [3.8, 4) is 0 Å². The maximum atomic E-state index is 11.2. The Morgan fingerprint density at radius 3 is 1.50 bits per heavy atom. The molecule has 0 aliphatic heterocycles. The number of halogens is 2. The summed E-state index contributed by atoms with van der Waals surface area (Å²) in [4.78, 5) is 26.6. The van der Waals surface area contributed by atoms with E-state index in [0.29, 0.717) is 0 Å². The molecule has 10 heavy (non-hydrogen) atoms. The normalized spacial score (nSPS) is 8.60. The molecule has 0 saturated carbocycles. The first-order valence-electron chi connectivity index (χ1n) is 2.22. The average molecular weight is 154 g/mol. The first-order valence-corrected chi connectivity index (χ1v) is 2.22. The molecule has 0 aliphatic carbocycles. The molecule has 58 valence electrons. The number of hydrogen-bond donors (Lipinski definition) is 0. The molecule has 0 N–H and O–H groups in total. The maximum absolute atomic E-state index is 11.2. The van der Waals surface area contributed by atoms with E-state index in [0.717, 1.165) is 0 Å². The highest BCUT2D eigenvalue weighted by molar-refractivity contribution is 5.73. The molecule has 0 aromatic heterocycles. The van der Waals surface area contributed by atoms with Crippen molar-refractivity contribution in [2.45, 2.75) is 0 Å². The minimum atomic E-state index is -1.42. The predicted octanol–water partition coefficient (Wildman–Crippen LogP) is -0.0732. The second kappa shape index (κ2) is 4.66. The molecule has 0 aromatic rings. The molecule has 0 radical (unpaired) electrons. The summed E-state index contributed by atoms with van der Waals surface area (Å²) in [6.07, 6.45) is 0. The summed E-state index contributed by atoms with van der Waals surface area (Å²) in [6.45, 7) is -2.83. The smallest absolute Gasteiger partial charge is 0.244 e. The Kier molecular flexibility index (Phi) is 4.10. The molecule has 0 bridgehead atoms. The second-order valence-corrected chi connectivity index (χ2v) is 1.18. The lowest BCUT2D eigenvalue weighted by Gasteiger charge is -1.95. The number of carbonyl (C=O) groups is 2. The molecule has 0 aliphatic rings. The Balaban J connectivity index is 3.35. The lowest BCUT2D eigenvalue weighted by molar-refractivity contribution is -0.259. The van der Waals surface area contributed by atoms with Crippen molar-refractivity contribution >= 4 is 11.9 Å². The van der Waals surface area contributed by atoms with Crippen LogP contribution in [-0.4, -0.2) is 25.3 Å². The van der Waals surface area contributed by atoms with Gasteiger partial charge in [-0.05, 0) is 0 Å². The lowest BCUT2D eigenvalue weighted by atomic mass is 10.8. The van der Waals surface area contributed by atoms with Gasteiger partial charge in [0.05, 0.1) is 0 Å². The van der Waals surface area contributed by atoms with Crippen LogP contribution in [0.25, 0.3) is 0 Å². The zero-order chi connectivity index (χ0) is 7.98. The monoisotopic (exact) mass is 154 g/mol. The van der Waals surface area contributed by atoms with Crippen molar-refractivity contribution in [3.05, 3.63) is 0 Å². The molecule has 0 amide bonds. The van der Waals surface area contributed by atoms with Gasteiger partial charge in [-0.25, -0.2) is 28.1 Å². The third-order valence-corrected chi connectivity index (χ3v) is 0.446. The fourth-order valence-electron chi connectivity index (χ4n) is 0.137. The fourth-order valence-corrected chi connectivity index (χ4v) is 0.137. The quantitative estimate of drug-likeness (QED) is 0.412. The van der Waals surface area contributed by atoms with Gasteiger partial charge in [-0.3, -0.25) is 0 Å². The fraction of sp³-hybridized carbons (Fsp3) is 0.500. The van der Waals surface area contributed by atoms with Crippen LogP contribution in [0.3, 0.4) is 0 Å². The van der Waals surface area contributed by atoms with E-state index in [1.54, 1.807) is 0 Å². The number of hydrogen-bond acceptors (Lipinski definition) is 4. The summed E-state index contributed by atoms with van der Waals surface area (Å²) in [7, 11) is 0. The van der Waals surface area contributed by atoms with E-state index in [1.807, 2.05) is 0 Å². The van der Waals surface area contributed by atoms with Gasteiger partial charge < -0.3 is 0 Å². The summed E-state index contributed by atoms with van der Waals surface area (Å²) in [5.41, 5.74) is 0. The first kappa shape index (κ1) is 8.80. The van der Waals surface area contributed by atoms with E-state index in [1.165, 1.54) is 0 Å². The van der Waals surface area contributed by atoms with Crippen molar-refractivity contribution in [3.63, 3.8) is 0 Å². The minimum Gasteiger partial charge on any atom is -0.244 e. The van der Waals surface area contributed by atoms with E-state index in [2.05, 4.69) is 9.78 Å². The molecular formula is C4H4F2O4. The van der Waals surface area contributed by atoms with Crippen LogP contribution in [0.2, 0.25) is 0 Å². The summed E-state index contributed by atoms with van der Waals surface area (Å²) in [5.74, 6) is -2.75. The van der Waals surface area contributed by atoms with Gasteiger partial charge in [-0.2, -0.15) is 0 Å². The molecule has 4 nitrogen and oxygen atoms in total. The number of alkyl halides is 2. The highest BCUT2D eigenvalue weighted by Crippen LogP contribution is 1.84. The van der Waals surface area contributed by atoms with Gasteiger partial charge in [0.2, 0.25) is 0 Å². The molecule has 0 heterocycles. The van der Waals surface area contributed by atoms with E-state index in [-0.39, 0.29) is 0 Å². The molecule has 0 saturated heterocycles. The van der Waals surface area contributed by atoms with Crippen LogP contribution >= 0.6 is 0 Å². The first-order chi connectivity index (χ1) is 4.70. The lowest BCUT2D eigenvalue weighted by Crippen LogP contribution is -2.13. The third kappa shape index (κ3) is 3.76. The van der Waals surface area contributed by atoms with E-state index in [4.69, 9.17) is 0 Å². The van der Waals surface area contributed by atoms with E-state index >= 15 is 0 Å². The Bertz CT molecular complexity index is 119. The third-order valence-electron chi connectivity index (χ3n) is 0.446. The zero-order valence-electron chi connectivity index (χ0n) is 4.80. The Morgan fingerprint density at radius 2 is 1.30 bits per heavy atom. The van der Waals surface area contributed by atoms with Crippen LogP contribution in [0.5, 0.6) is 0 Å². The van der Waals surface area contributed by atoms with Crippen LogP contribution < -0.4 is 0 Å². The average Bonchev–Trinajstić information content (AvgIpc) is 1.99. The molecule has 0 spiro atoms. The summed E-state index contributed by atoms with van der Waals surface area (Å²) < 4.78 is 22.4. The van der Waals surface area contributed by atoms with Crippen molar-refractivity contribution < 1.29 is 28.1 Å². The van der Waals surface area contributed by atoms with Crippen LogP contribution in [0.1, 0.15) is 0 Å². The van der Waals surface area contributed by atoms with Crippen molar-refractivity contribution in [2.75, 3.05) is 13.3 Å². The SMILES string of the molecule is O=C(CF)OOC(=O)CF. The summed E-state index contributed by atoms with van der Waals surface area (Å²) >= 11 is 0. The Hall–Kier alpha value is -1.20. The predicted molar refractivity (Wildman–Crippen MR) is 24.1 cm³/mol. The highest BCUT2D eigenvalue weighted by atomic mass is 19.1. The number of carbonyl (C=O) groups excluding carboxylic acids is 2. The van der Waals surface area contributed by atoms with Crippen molar-refractivity contribution in [2.24, 2.45) is 0 Å². The second-order valence-electron chi connectivity index (χ2n) is 1.18. The van der Waals surface area contributed by atoms with Crippen LogP contribution in [0.4, 0.5) is 8.78 Å². The van der Waals surface area contributed by atoms with Gasteiger partial charge in [0.15, 0.2) is 13.3 Å².